The zero-order valence-electron chi connectivity index (χ0n) is 17.6. The van der Waals surface area contributed by atoms with Crippen molar-refractivity contribution in [2.45, 2.75) is 42.6 Å². The van der Waals surface area contributed by atoms with Gasteiger partial charge in [-0.05, 0) is 54.3 Å². The molecule has 2 unspecified atom stereocenters. The molecule has 5 nitrogen and oxygen atoms in total. The van der Waals surface area contributed by atoms with Gasteiger partial charge in [0.15, 0.2) is 0 Å². The Hall–Kier alpha value is -3.04. The highest BCUT2D eigenvalue weighted by Crippen LogP contribution is 2.44. The van der Waals surface area contributed by atoms with Crippen molar-refractivity contribution in [1.82, 2.24) is 4.98 Å². The van der Waals surface area contributed by atoms with E-state index in [1.807, 2.05) is 6.92 Å². The largest absolute Gasteiger partial charge is 0.478 e. The molecular formula is C24H21F3N2O3S. The summed E-state index contributed by atoms with van der Waals surface area (Å²) in [6.45, 7) is 1.70. The van der Waals surface area contributed by atoms with Gasteiger partial charge in [-0.25, -0.2) is 9.78 Å². The number of alkyl halides is 3. The third-order valence-electron chi connectivity index (χ3n) is 5.60. The van der Waals surface area contributed by atoms with Crippen molar-refractivity contribution in [3.63, 3.8) is 0 Å². The highest BCUT2D eigenvalue weighted by atomic mass is 32.2. The number of halogens is 3. The molecule has 0 radical (unpaired) electrons. The first-order valence-corrected chi connectivity index (χ1v) is 11.1. The first-order valence-electron chi connectivity index (χ1n) is 10.2. The summed E-state index contributed by atoms with van der Waals surface area (Å²) >= 11 is 1.37. The molecule has 0 bridgehead atoms. The van der Waals surface area contributed by atoms with Gasteiger partial charge in [0, 0.05) is 12.7 Å². The number of aromatic carboxylic acids is 1. The lowest BCUT2D eigenvalue weighted by Gasteiger charge is -2.41. The summed E-state index contributed by atoms with van der Waals surface area (Å²) in [6, 6.07) is 13.5. The molecular weight excluding hydrogens is 453 g/mol. The Kier molecular flexibility index (Phi) is 6.36. The molecule has 3 aromatic rings. The van der Waals surface area contributed by atoms with Crippen molar-refractivity contribution in [2.75, 3.05) is 4.90 Å². The molecule has 0 saturated carbocycles. The number of aliphatic hydroxyl groups is 1. The highest BCUT2D eigenvalue weighted by molar-refractivity contribution is 8.00. The fraction of sp³-hybridized carbons (Fsp3) is 0.250. The topological polar surface area (TPSA) is 73.7 Å². The second-order valence-electron chi connectivity index (χ2n) is 7.84. The Morgan fingerprint density at radius 2 is 1.82 bits per heavy atom. The lowest BCUT2D eigenvalue weighted by molar-refractivity contribution is -0.138. The van der Waals surface area contributed by atoms with Crippen LogP contribution in [0.2, 0.25) is 0 Å². The van der Waals surface area contributed by atoms with Crippen molar-refractivity contribution >= 4 is 23.4 Å². The van der Waals surface area contributed by atoms with Gasteiger partial charge in [0.05, 0.1) is 22.1 Å². The normalized spacial score (nSPS) is 18.2. The minimum absolute atomic E-state index is 0.0646. The van der Waals surface area contributed by atoms with Gasteiger partial charge in [0.25, 0.3) is 0 Å². The predicted octanol–water partition coefficient (Wildman–Crippen LogP) is 5.15. The van der Waals surface area contributed by atoms with E-state index in [4.69, 9.17) is 5.11 Å². The average molecular weight is 475 g/mol. The van der Waals surface area contributed by atoms with E-state index in [0.29, 0.717) is 17.1 Å². The number of aliphatic hydroxyl groups excluding tert-OH is 1. The molecule has 0 fully saturated rings. The molecule has 2 heterocycles. The van der Waals surface area contributed by atoms with Crippen LogP contribution in [-0.4, -0.2) is 32.6 Å². The van der Waals surface area contributed by atoms with Crippen LogP contribution in [0, 0.1) is 6.92 Å². The van der Waals surface area contributed by atoms with Crippen LogP contribution in [0.5, 0.6) is 0 Å². The number of carbonyl (C=O) groups is 1. The molecule has 172 valence electrons. The SMILES string of the molecule is Cc1ccnc2c1N(Cc1ccccc1C(F)(F)F)C(O)C(Cc1ccc(C(=O)O)cc1)S2. The van der Waals surface area contributed by atoms with Crippen LogP contribution in [0.25, 0.3) is 0 Å². The number of nitrogens with zero attached hydrogens (tertiary/aromatic N) is 2. The van der Waals surface area contributed by atoms with Crippen molar-refractivity contribution in [3.05, 3.63) is 88.6 Å². The molecule has 0 saturated heterocycles. The Morgan fingerprint density at radius 3 is 2.48 bits per heavy atom. The number of aromatic nitrogens is 1. The van der Waals surface area contributed by atoms with Gasteiger partial charge in [-0.3, -0.25) is 0 Å². The molecule has 4 rings (SSSR count). The van der Waals surface area contributed by atoms with Crippen LogP contribution in [0.3, 0.4) is 0 Å². The molecule has 9 heteroatoms. The molecule has 33 heavy (non-hydrogen) atoms. The Morgan fingerprint density at radius 1 is 1.12 bits per heavy atom. The summed E-state index contributed by atoms with van der Waals surface area (Å²) in [7, 11) is 0. The molecule has 1 aliphatic rings. The fourth-order valence-electron chi connectivity index (χ4n) is 3.95. The van der Waals surface area contributed by atoms with Crippen molar-refractivity contribution in [2.24, 2.45) is 0 Å². The van der Waals surface area contributed by atoms with E-state index in [9.17, 15) is 23.1 Å². The molecule has 2 aromatic carbocycles. The second kappa shape index (κ2) is 9.07. The summed E-state index contributed by atoms with van der Waals surface area (Å²) in [5, 5.41) is 20.6. The Labute approximate surface area is 192 Å². The summed E-state index contributed by atoms with van der Waals surface area (Å²) in [5.41, 5.74) is 1.71. The lowest BCUT2D eigenvalue weighted by Crippen LogP contribution is -2.46. The molecule has 0 spiro atoms. The van der Waals surface area contributed by atoms with E-state index in [2.05, 4.69) is 4.98 Å². The monoisotopic (exact) mass is 474 g/mol. The summed E-state index contributed by atoms with van der Waals surface area (Å²) in [5.74, 6) is -1.03. The standard InChI is InChI=1S/C24H21F3N2O3S/c1-14-10-11-28-21-20(14)29(13-17-4-2-3-5-18(17)24(25,26)27)22(30)19(33-21)12-15-6-8-16(9-7-15)23(31)32/h2-11,19,22,30H,12-13H2,1H3,(H,31,32). The quantitative estimate of drug-likeness (QED) is 0.533. The molecule has 0 amide bonds. The van der Waals surface area contributed by atoms with E-state index in [0.717, 1.165) is 17.2 Å². The minimum Gasteiger partial charge on any atom is -0.478 e. The number of hydrogen-bond acceptors (Lipinski definition) is 5. The van der Waals surface area contributed by atoms with E-state index >= 15 is 0 Å². The zero-order valence-corrected chi connectivity index (χ0v) is 18.4. The number of carboxylic acids is 1. The summed E-state index contributed by atoms with van der Waals surface area (Å²) in [6.07, 6.45) is -3.56. The second-order valence-corrected chi connectivity index (χ2v) is 9.07. The van der Waals surface area contributed by atoms with Gasteiger partial charge in [-0.1, -0.05) is 42.1 Å². The molecule has 2 N–H and O–H groups in total. The van der Waals surface area contributed by atoms with Crippen LogP contribution >= 0.6 is 11.8 Å². The fourth-order valence-corrected chi connectivity index (χ4v) is 5.29. The molecule has 0 aliphatic carbocycles. The minimum atomic E-state index is -4.51. The number of benzene rings is 2. The Bertz CT molecular complexity index is 1170. The maximum atomic E-state index is 13.6. The predicted molar refractivity (Wildman–Crippen MR) is 119 cm³/mol. The average Bonchev–Trinajstić information content (AvgIpc) is 2.76. The third kappa shape index (κ3) is 4.84. The van der Waals surface area contributed by atoms with E-state index < -0.39 is 29.2 Å². The van der Waals surface area contributed by atoms with Crippen molar-refractivity contribution in [1.29, 1.82) is 0 Å². The van der Waals surface area contributed by atoms with Crippen LogP contribution in [0.4, 0.5) is 18.9 Å². The van der Waals surface area contributed by atoms with Gasteiger partial charge in [-0.2, -0.15) is 13.2 Å². The molecule has 1 aliphatic heterocycles. The third-order valence-corrected chi connectivity index (χ3v) is 6.83. The Balaban J connectivity index is 1.68. The number of aryl methyl sites for hydroxylation is 1. The van der Waals surface area contributed by atoms with Gasteiger partial charge in [0.2, 0.25) is 0 Å². The van der Waals surface area contributed by atoms with Crippen molar-refractivity contribution in [3.8, 4) is 0 Å². The molecule has 2 atom stereocenters. The first kappa shape index (κ1) is 23.1. The number of thioether (sulfide) groups is 1. The number of pyridine rings is 1. The highest BCUT2D eigenvalue weighted by Gasteiger charge is 2.38. The molecule has 1 aromatic heterocycles. The van der Waals surface area contributed by atoms with Gasteiger partial charge < -0.3 is 15.1 Å². The number of hydrogen-bond donors (Lipinski definition) is 2. The van der Waals surface area contributed by atoms with Crippen LogP contribution in [0.1, 0.15) is 32.6 Å². The van der Waals surface area contributed by atoms with Gasteiger partial charge >= 0.3 is 12.1 Å². The van der Waals surface area contributed by atoms with E-state index in [1.54, 1.807) is 35.4 Å². The lowest BCUT2D eigenvalue weighted by atomic mass is 10.0. The number of anilines is 1. The smallest absolute Gasteiger partial charge is 0.416 e. The maximum absolute atomic E-state index is 13.6. The zero-order chi connectivity index (χ0) is 23.8. The van der Waals surface area contributed by atoms with E-state index in [1.165, 1.54) is 36.0 Å². The number of rotatable bonds is 5. The number of fused-ring (bicyclic) bond motifs is 1. The maximum Gasteiger partial charge on any atom is 0.416 e. The number of carboxylic acid groups (broad SMARTS) is 1. The van der Waals surface area contributed by atoms with Crippen LogP contribution < -0.4 is 4.90 Å². The van der Waals surface area contributed by atoms with Gasteiger partial charge in [-0.15, -0.1) is 0 Å². The van der Waals surface area contributed by atoms with Crippen LogP contribution in [-0.2, 0) is 19.1 Å². The summed E-state index contributed by atoms with van der Waals surface area (Å²) in [4.78, 5) is 17.1. The van der Waals surface area contributed by atoms with Gasteiger partial charge in [0.1, 0.15) is 11.3 Å². The van der Waals surface area contributed by atoms with Crippen molar-refractivity contribution < 1.29 is 28.2 Å². The van der Waals surface area contributed by atoms with Crippen LogP contribution in [0.15, 0.2) is 65.8 Å². The first-order chi connectivity index (χ1) is 15.6. The van der Waals surface area contributed by atoms with E-state index in [-0.39, 0.29) is 17.7 Å². The summed E-state index contributed by atoms with van der Waals surface area (Å²) < 4.78 is 40.8.